The normalized spacial score (nSPS) is 20.6. The molecule has 27 heavy (non-hydrogen) atoms. The summed E-state index contributed by atoms with van der Waals surface area (Å²) in [6.45, 7) is 1.58. The van der Waals surface area contributed by atoms with Crippen molar-refractivity contribution < 1.29 is 24.4 Å². The molecule has 1 saturated carbocycles. The van der Waals surface area contributed by atoms with E-state index in [9.17, 15) is 24.8 Å². The van der Waals surface area contributed by atoms with Gasteiger partial charge in [0, 0.05) is 11.8 Å². The minimum atomic E-state index is -0.908. The number of hydrogen-bond acceptors (Lipinski definition) is 6. The van der Waals surface area contributed by atoms with Gasteiger partial charge in [0.15, 0.2) is 5.75 Å². The third-order valence-corrected chi connectivity index (χ3v) is 4.84. The maximum atomic E-state index is 12.8. The fourth-order valence-corrected chi connectivity index (χ4v) is 3.48. The van der Waals surface area contributed by atoms with Crippen LogP contribution >= 0.6 is 0 Å². The van der Waals surface area contributed by atoms with E-state index in [4.69, 9.17) is 4.74 Å². The number of phenols is 1. The Morgan fingerprint density at radius 1 is 1.30 bits per heavy atom. The number of nitrogens with zero attached hydrogens (tertiary/aromatic N) is 1. The number of benzene rings is 1. The number of aromatic hydroxyl groups is 1. The summed E-state index contributed by atoms with van der Waals surface area (Å²) < 4.78 is 5.62. The highest BCUT2D eigenvalue weighted by molar-refractivity contribution is 5.95. The van der Waals surface area contributed by atoms with Crippen LogP contribution in [0.5, 0.6) is 5.75 Å². The Labute approximate surface area is 155 Å². The minimum absolute atomic E-state index is 0.168. The molecule has 0 saturated heterocycles. The van der Waals surface area contributed by atoms with Gasteiger partial charge < -0.3 is 20.5 Å². The molecule has 1 atom stereocenters. The first-order valence-electron chi connectivity index (χ1n) is 8.83. The van der Waals surface area contributed by atoms with Gasteiger partial charge in [0.05, 0.1) is 16.5 Å². The summed E-state index contributed by atoms with van der Waals surface area (Å²) in [5, 5.41) is 25.9. The van der Waals surface area contributed by atoms with Crippen LogP contribution in [0.15, 0.2) is 29.5 Å². The Balaban J connectivity index is 1.93. The molecule has 1 fully saturated rings. The van der Waals surface area contributed by atoms with Gasteiger partial charge in [-0.1, -0.05) is 12.5 Å². The van der Waals surface area contributed by atoms with Gasteiger partial charge >= 0.3 is 17.7 Å². The van der Waals surface area contributed by atoms with E-state index >= 15 is 0 Å². The van der Waals surface area contributed by atoms with Gasteiger partial charge in [-0.2, -0.15) is 0 Å². The predicted octanol–water partition coefficient (Wildman–Crippen LogP) is 2.80. The standard InChI is InChI=1S/C18H21N3O6/c1-10-15(17(23)27-12-5-3-2-4-6-12)16(20-18(24)19-10)11-7-8-14(22)13(9-11)21(25)26/h7-9,12,16,22H,2-6H2,1H3,(H2,19,20,24)/t16-/m0/s1. The van der Waals surface area contributed by atoms with Crippen LogP contribution < -0.4 is 10.6 Å². The molecule has 1 aromatic rings. The highest BCUT2D eigenvalue weighted by Gasteiger charge is 2.34. The zero-order chi connectivity index (χ0) is 19.6. The topological polar surface area (TPSA) is 131 Å². The van der Waals surface area contributed by atoms with E-state index in [-0.39, 0.29) is 11.7 Å². The van der Waals surface area contributed by atoms with Crippen molar-refractivity contribution in [3.8, 4) is 5.75 Å². The Hall–Kier alpha value is -3.10. The quantitative estimate of drug-likeness (QED) is 0.421. The van der Waals surface area contributed by atoms with E-state index in [0.29, 0.717) is 11.3 Å². The molecule has 3 rings (SSSR count). The van der Waals surface area contributed by atoms with E-state index in [0.717, 1.165) is 38.2 Å². The molecule has 1 aromatic carbocycles. The molecule has 0 bridgehead atoms. The third-order valence-electron chi connectivity index (χ3n) is 4.84. The first-order valence-corrected chi connectivity index (χ1v) is 8.83. The van der Waals surface area contributed by atoms with Crippen molar-refractivity contribution in [3.63, 3.8) is 0 Å². The van der Waals surface area contributed by atoms with Crippen molar-refractivity contribution >= 4 is 17.7 Å². The Morgan fingerprint density at radius 2 is 2.00 bits per heavy atom. The van der Waals surface area contributed by atoms with Crippen molar-refractivity contribution in [2.75, 3.05) is 0 Å². The van der Waals surface area contributed by atoms with E-state index < -0.39 is 34.4 Å². The number of esters is 1. The molecule has 2 amide bonds. The summed E-state index contributed by atoms with van der Waals surface area (Å²) in [5.74, 6) is -1.05. The second-order valence-corrected chi connectivity index (χ2v) is 6.74. The van der Waals surface area contributed by atoms with Crippen LogP contribution in [0, 0.1) is 10.1 Å². The second-order valence-electron chi connectivity index (χ2n) is 6.74. The Bertz CT molecular complexity index is 813. The number of nitrogens with one attached hydrogen (secondary N) is 2. The minimum Gasteiger partial charge on any atom is -0.502 e. The lowest BCUT2D eigenvalue weighted by Gasteiger charge is -2.30. The zero-order valence-electron chi connectivity index (χ0n) is 14.9. The van der Waals surface area contributed by atoms with Crippen LogP contribution in [0.2, 0.25) is 0 Å². The summed E-state index contributed by atoms with van der Waals surface area (Å²) in [7, 11) is 0. The van der Waals surface area contributed by atoms with E-state index in [1.165, 1.54) is 12.1 Å². The van der Waals surface area contributed by atoms with Crippen LogP contribution in [-0.4, -0.2) is 28.1 Å². The fraction of sp³-hybridized carbons (Fsp3) is 0.444. The van der Waals surface area contributed by atoms with Gasteiger partial charge in [0.25, 0.3) is 0 Å². The molecule has 1 aliphatic heterocycles. The van der Waals surface area contributed by atoms with Gasteiger partial charge in [0.1, 0.15) is 6.10 Å². The van der Waals surface area contributed by atoms with Crippen molar-refractivity contribution in [2.45, 2.75) is 51.2 Å². The SMILES string of the molecule is CC1=C(C(=O)OC2CCCCC2)[C@H](c2ccc(O)c([N+](=O)[O-])c2)NC(=O)N1. The second kappa shape index (κ2) is 7.65. The lowest BCUT2D eigenvalue weighted by molar-refractivity contribution is -0.385. The van der Waals surface area contributed by atoms with E-state index in [2.05, 4.69) is 10.6 Å². The van der Waals surface area contributed by atoms with E-state index in [1.807, 2.05) is 0 Å². The van der Waals surface area contributed by atoms with Crippen LogP contribution in [0.3, 0.4) is 0 Å². The maximum Gasteiger partial charge on any atom is 0.338 e. The number of hydrogen-bond donors (Lipinski definition) is 3. The van der Waals surface area contributed by atoms with E-state index in [1.54, 1.807) is 6.92 Å². The Morgan fingerprint density at radius 3 is 2.67 bits per heavy atom. The molecule has 9 heteroatoms. The lowest BCUT2D eigenvalue weighted by atomic mass is 9.94. The van der Waals surface area contributed by atoms with Crippen molar-refractivity contribution in [2.24, 2.45) is 0 Å². The molecule has 0 radical (unpaired) electrons. The number of allylic oxidation sites excluding steroid dienone is 1. The summed E-state index contributed by atoms with van der Waals surface area (Å²) in [5.41, 5.74) is 0.336. The monoisotopic (exact) mass is 375 g/mol. The number of nitro groups is 1. The smallest absolute Gasteiger partial charge is 0.338 e. The lowest BCUT2D eigenvalue weighted by Crippen LogP contribution is -2.45. The largest absolute Gasteiger partial charge is 0.502 e. The molecule has 1 heterocycles. The molecule has 0 spiro atoms. The summed E-state index contributed by atoms with van der Waals surface area (Å²) >= 11 is 0. The number of urea groups is 1. The highest BCUT2D eigenvalue weighted by atomic mass is 16.6. The number of phenolic OH excluding ortho intramolecular Hbond substituents is 1. The van der Waals surface area contributed by atoms with Gasteiger partial charge in [0.2, 0.25) is 0 Å². The molecular weight excluding hydrogens is 354 g/mol. The van der Waals surface area contributed by atoms with Crippen molar-refractivity contribution in [3.05, 3.63) is 45.1 Å². The molecule has 9 nitrogen and oxygen atoms in total. The number of rotatable bonds is 4. The van der Waals surface area contributed by atoms with Gasteiger partial charge in [-0.05, 0) is 44.2 Å². The summed E-state index contributed by atoms with van der Waals surface area (Å²) in [4.78, 5) is 35.1. The first-order chi connectivity index (χ1) is 12.9. The summed E-state index contributed by atoms with van der Waals surface area (Å²) in [6, 6.07) is 2.31. The highest BCUT2D eigenvalue weighted by Crippen LogP contribution is 2.34. The van der Waals surface area contributed by atoms with Crippen LogP contribution in [0.25, 0.3) is 0 Å². The molecule has 144 valence electrons. The van der Waals surface area contributed by atoms with Gasteiger partial charge in [-0.3, -0.25) is 10.1 Å². The number of amides is 2. The van der Waals surface area contributed by atoms with Crippen molar-refractivity contribution in [1.29, 1.82) is 0 Å². The predicted molar refractivity (Wildman–Crippen MR) is 94.8 cm³/mol. The zero-order valence-corrected chi connectivity index (χ0v) is 14.9. The number of carbonyl (C=O) groups excluding carboxylic acids is 2. The number of ether oxygens (including phenoxy) is 1. The average Bonchev–Trinajstić information content (AvgIpc) is 2.62. The van der Waals surface area contributed by atoms with Crippen molar-refractivity contribution in [1.82, 2.24) is 10.6 Å². The molecular formula is C18H21N3O6. The molecule has 0 unspecified atom stereocenters. The van der Waals surface area contributed by atoms with Crippen LogP contribution in [0.1, 0.15) is 50.6 Å². The molecule has 1 aliphatic carbocycles. The molecule has 2 aliphatic rings. The summed E-state index contributed by atoms with van der Waals surface area (Å²) in [6.07, 6.45) is 4.55. The molecule has 3 N–H and O–H groups in total. The fourth-order valence-electron chi connectivity index (χ4n) is 3.48. The Kier molecular flexibility index (Phi) is 5.29. The van der Waals surface area contributed by atoms with Gasteiger partial charge in [-0.25, -0.2) is 9.59 Å². The van der Waals surface area contributed by atoms with Crippen LogP contribution in [0.4, 0.5) is 10.5 Å². The average molecular weight is 375 g/mol. The third kappa shape index (κ3) is 4.02. The van der Waals surface area contributed by atoms with Crippen LogP contribution in [-0.2, 0) is 9.53 Å². The first kappa shape index (κ1) is 18.7. The maximum absolute atomic E-state index is 12.8. The molecule has 0 aromatic heterocycles. The number of carbonyl (C=O) groups is 2. The number of nitro benzene ring substituents is 1. The van der Waals surface area contributed by atoms with Gasteiger partial charge in [-0.15, -0.1) is 0 Å².